The van der Waals surface area contributed by atoms with Gasteiger partial charge in [0, 0.05) is 28.1 Å². The van der Waals surface area contributed by atoms with E-state index in [0.717, 1.165) is 39.0 Å². The highest BCUT2D eigenvalue weighted by molar-refractivity contribution is 6.10. The molecule has 1 aliphatic carbocycles. The standard InChI is InChI=1S/C49H33NO/c1-3-13-33(14-4-1)34-25-28-38(29-26-34)50(46-23-12-22-44-41-20-9-10-24-47(41)51-49(44)46)39-18-11-17-36(31-39)37-27-30-43-45(32-37)40-19-7-8-21-42(40)48(43)35-15-5-2-6-16-35/h1-32,48H. The van der Waals surface area contributed by atoms with Gasteiger partial charge in [-0.05, 0) is 92.5 Å². The fourth-order valence-electron chi connectivity index (χ4n) is 7.98. The van der Waals surface area contributed by atoms with Gasteiger partial charge in [0.1, 0.15) is 5.58 Å². The second kappa shape index (κ2) is 12.0. The molecular formula is C49H33NO. The van der Waals surface area contributed by atoms with Gasteiger partial charge >= 0.3 is 0 Å². The quantitative estimate of drug-likeness (QED) is 0.178. The second-order valence-corrected chi connectivity index (χ2v) is 13.3. The van der Waals surface area contributed by atoms with E-state index in [-0.39, 0.29) is 5.92 Å². The summed E-state index contributed by atoms with van der Waals surface area (Å²) in [7, 11) is 0. The van der Waals surface area contributed by atoms with Crippen molar-refractivity contribution in [2.45, 2.75) is 5.92 Å². The summed E-state index contributed by atoms with van der Waals surface area (Å²) < 4.78 is 6.60. The molecule has 1 heterocycles. The van der Waals surface area contributed by atoms with E-state index in [9.17, 15) is 0 Å². The van der Waals surface area contributed by atoms with Crippen molar-refractivity contribution in [3.05, 3.63) is 211 Å². The van der Waals surface area contributed by atoms with E-state index in [1.165, 1.54) is 50.1 Å². The number of furan rings is 1. The minimum atomic E-state index is 0.233. The van der Waals surface area contributed by atoms with Crippen molar-refractivity contribution < 1.29 is 4.42 Å². The number of rotatable bonds is 6. The molecule has 0 aliphatic heterocycles. The predicted molar refractivity (Wildman–Crippen MR) is 212 cm³/mol. The average Bonchev–Trinajstić information content (AvgIpc) is 3.75. The Labute approximate surface area is 297 Å². The molecule has 1 atom stereocenters. The van der Waals surface area contributed by atoms with Crippen LogP contribution in [0.5, 0.6) is 0 Å². The van der Waals surface area contributed by atoms with Gasteiger partial charge < -0.3 is 9.32 Å². The van der Waals surface area contributed by atoms with Gasteiger partial charge in [-0.2, -0.15) is 0 Å². The first-order valence-corrected chi connectivity index (χ1v) is 17.5. The lowest BCUT2D eigenvalue weighted by atomic mass is 9.89. The summed E-state index contributed by atoms with van der Waals surface area (Å²) in [5, 5.41) is 2.23. The summed E-state index contributed by atoms with van der Waals surface area (Å²) in [5.74, 6) is 0.233. The van der Waals surface area contributed by atoms with E-state index in [0.29, 0.717) is 0 Å². The first kappa shape index (κ1) is 29.3. The summed E-state index contributed by atoms with van der Waals surface area (Å²) in [5.41, 5.74) is 16.3. The van der Waals surface area contributed by atoms with Gasteiger partial charge in [0.05, 0.1) is 5.69 Å². The Morgan fingerprint density at radius 1 is 0.392 bits per heavy atom. The molecule has 10 rings (SSSR count). The normalized spacial score (nSPS) is 13.3. The van der Waals surface area contributed by atoms with E-state index in [1.54, 1.807) is 0 Å². The number of fused-ring (bicyclic) bond motifs is 6. The highest BCUT2D eigenvalue weighted by Crippen LogP contribution is 2.49. The predicted octanol–water partition coefficient (Wildman–Crippen LogP) is 13.6. The third-order valence-electron chi connectivity index (χ3n) is 10.4. The van der Waals surface area contributed by atoms with Crippen LogP contribution in [-0.4, -0.2) is 0 Å². The van der Waals surface area contributed by atoms with Gasteiger partial charge in [0.2, 0.25) is 0 Å². The fourth-order valence-corrected chi connectivity index (χ4v) is 7.98. The molecular weight excluding hydrogens is 619 g/mol. The minimum Gasteiger partial charge on any atom is -0.454 e. The molecule has 0 N–H and O–H groups in total. The van der Waals surface area contributed by atoms with Gasteiger partial charge in [-0.3, -0.25) is 0 Å². The van der Waals surface area contributed by atoms with Crippen molar-refractivity contribution in [3.63, 3.8) is 0 Å². The van der Waals surface area contributed by atoms with Gasteiger partial charge in [-0.1, -0.05) is 152 Å². The van der Waals surface area contributed by atoms with Gasteiger partial charge in [0.25, 0.3) is 0 Å². The van der Waals surface area contributed by atoms with Crippen LogP contribution in [0, 0.1) is 0 Å². The monoisotopic (exact) mass is 651 g/mol. The SMILES string of the molecule is c1ccc(-c2ccc(N(c3cccc(-c4ccc5c(c4)-c4ccccc4C5c4ccccc4)c3)c3cccc4c3oc3ccccc34)cc2)cc1. The number of benzene rings is 8. The van der Waals surface area contributed by atoms with Crippen LogP contribution in [0.15, 0.2) is 199 Å². The number of para-hydroxylation sites is 2. The Hall–Kier alpha value is -6.64. The van der Waals surface area contributed by atoms with E-state index < -0.39 is 0 Å². The van der Waals surface area contributed by atoms with Crippen molar-refractivity contribution in [2.75, 3.05) is 4.90 Å². The van der Waals surface area contributed by atoms with Crippen molar-refractivity contribution in [2.24, 2.45) is 0 Å². The van der Waals surface area contributed by atoms with Crippen LogP contribution in [0.1, 0.15) is 22.6 Å². The molecule has 51 heavy (non-hydrogen) atoms. The second-order valence-electron chi connectivity index (χ2n) is 13.3. The molecule has 0 radical (unpaired) electrons. The Bertz CT molecular complexity index is 2690. The van der Waals surface area contributed by atoms with E-state index in [4.69, 9.17) is 4.42 Å². The maximum absolute atomic E-state index is 6.60. The first-order valence-electron chi connectivity index (χ1n) is 17.5. The smallest absolute Gasteiger partial charge is 0.159 e. The zero-order valence-electron chi connectivity index (χ0n) is 27.9. The molecule has 0 saturated heterocycles. The molecule has 1 aromatic heterocycles. The number of nitrogens with zero attached hydrogens (tertiary/aromatic N) is 1. The summed E-state index contributed by atoms with van der Waals surface area (Å²) in [6.07, 6.45) is 0. The van der Waals surface area contributed by atoms with Crippen LogP contribution < -0.4 is 4.90 Å². The maximum atomic E-state index is 6.60. The number of hydrogen-bond acceptors (Lipinski definition) is 2. The molecule has 0 amide bonds. The largest absolute Gasteiger partial charge is 0.454 e. The third-order valence-corrected chi connectivity index (χ3v) is 10.4. The Kier molecular flexibility index (Phi) is 6.92. The Balaban J connectivity index is 1.12. The zero-order valence-corrected chi connectivity index (χ0v) is 27.9. The van der Waals surface area contributed by atoms with Crippen LogP contribution in [0.25, 0.3) is 55.3 Å². The Morgan fingerprint density at radius 2 is 1.02 bits per heavy atom. The van der Waals surface area contributed by atoms with Crippen molar-refractivity contribution in [3.8, 4) is 33.4 Å². The van der Waals surface area contributed by atoms with Crippen LogP contribution in [0.3, 0.4) is 0 Å². The van der Waals surface area contributed by atoms with E-state index in [1.807, 2.05) is 12.1 Å². The number of anilines is 3. The van der Waals surface area contributed by atoms with Crippen molar-refractivity contribution in [1.29, 1.82) is 0 Å². The van der Waals surface area contributed by atoms with Gasteiger partial charge in [-0.15, -0.1) is 0 Å². The highest BCUT2D eigenvalue weighted by Gasteiger charge is 2.30. The molecule has 1 aliphatic rings. The van der Waals surface area contributed by atoms with Gasteiger partial charge in [-0.25, -0.2) is 0 Å². The molecule has 240 valence electrons. The third kappa shape index (κ3) is 4.95. The van der Waals surface area contributed by atoms with Gasteiger partial charge in [0.15, 0.2) is 5.58 Å². The molecule has 0 fully saturated rings. The fraction of sp³-hybridized carbons (Fsp3) is 0.0204. The summed E-state index contributed by atoms with van der Waals surface area (Å²) in [6.45, 7) is 0. The molecule has 0 bridgehead atoms. The summed E-state index contributed by atoms with van der Waals surface area (Å²) in [4.78, 5) is 2.33. The molecule has 2 nitrogen and oxygen atoms in total. The lowest BCUT2D eigenvalue weighted by molar-refractivity contribution is 0.669. The molecule has 1 unspecified atom stereocenters. The Morgan fingerprint density at radius 3 is 1.88 bits per heavy atom. The molecule has 0 spiro atoms. The van der Waals surface area contributed by atoms with Crippen molar-refractivity contribution in [1.82, 2.24) is 0 Å². The van der Waals surface area contributed by atoms with Crippen LogP contribution in [0.4, 0.5) is 17.1 Å². The summed E-state index contributed by atoms with van der Waals surface area (Å²) in [6, 6.07) is 69.8. The maximum Gasteiger partial charge on any atom is 0.159 e. The highest BCUT2D eigenvalue weighted by atomic mass is 16.3. The molecule has 2 heteroatoms. The van der Waals surface area contributed by atoms with E-state index >= 15 is 0 Å². The molecule has 9 aromatic rings. The summed E-state index contributed by atoms with van der Waals surface area (Å²) >= 11 is 0. The topological polar surface area (TPSA) is 16.4 Å². The molecule has 0 saturated carbocycles. The molecule has 8 aromatic carbocycles. The van der Waals surface area contributed by atoms with Crippen LogP contribution in [-0.2, 0) is 0 Å². The van der Waals surface area contributed by atoms with E-state index in [2.05, 4.69) is 187 Å². The van der Waals surface area contributed by atoms with Crippen LogP contribution >= 0.6 is 0 Å². The van der Waals surface area contributed by atoms with Crippen molar-refractivity contribution >= 4 is 39.0 Å². The minimum absolute atomic E-state index is 0.233. The van der Waals surface area contributed by atoms with Crippen LogP contribution in [0.2, 0.25) is 0 Å². The first-order chi connectivity index (χ1) is 25.3. The zero-order chi connectivity index (χ0) is 33.7. The number of hydrogen-bond donors (Lipinski definition) is 0. The average molecular weight is 652 g/mol. The lowest BCUT2D eigenvalue weighted by Gasteiger charge is -2.26. The lowest BCUT2D eigenvalue weighted by Crippen LogP contribution is -2.10.